The summed E-state index contributed by atoms with van der Waals surface area (Å²) >= 11 is 0. The fraction of sp³-hybridized carbons (Fsp3) is 0.561. The zero-order valence-electron chi connectivity index (χ0n) is 35.2. The van der Waals surface area contributed by atoms with Gasteiger partial charge in [0.05, 0.1) is 31.8 Å². The molecule has 0 bridgehead atoms. The number of hydrogen-bond acceptors (Lipinski definition) is 12. The monoisotopic (exact) mass is 857 g/mol. The van der Waals surface area contributed by atoms with E-state index in [2.05, 4.69) is 56.2 Å². The average Bonchev–Trinajstić information content (AvgIpc) is 3.19. The molecular formula is C41H62N8O10P-. The normalized spacial score (nSPS) is 15.3. The number of rotatable bonds is 26. The molecule has 2 aromatic carbocycles. The van der Waals surface area contributed by atoms with Crippen molar-refractivity contribution in [2.75, 3.05) is 78.6 Å². The number of amides is 6. The summed E-state index contributed by atoms with van der Waals surface area (Å²) in [5.74, 6) is -1.96. The second-order valence-corrected chi connectivity index (χ2v) is 16.3. The Morgan fingerprint density at radius 3 is 1.47 bits per heavy atom. The largest absolute Gasteiger partial charge is 0.756 e. The Morgan fingerprint density at radius 2 is 1.07 bits per heavy atom. The molecule has 0 aliphatic heterocycles. The standard InChI is InChI=1S/C41H63N8O10P/c1-31(50)42-19-23-48(24-20-43-32(2)51)28-39(54)46-27-37(47-40(55)29-49(25-21-44-33(3)52)26-22-45-34(4)53)30-58-60(56,57)59-38-15-17-41(18-16-38,35-11-7-5-8-12-35)36-13-9-6-10-14-36/h5-14,37-38H,15-30H2,1-4H3,(H,42,50)(H,43,51)(H,44,52)(H,45,53)(H,46,54)(H,47,55)(H,56,57)/p-1/t37-/m1/s1. The summed E-state index contributed by atoms with van der Waals surface area (Å²) in [5.41, 5.74) is 1.97. The molecule has 1 aliphatic carbocycles. The summed E-state index contributed by atoms with van der Waals surface area (Å²) < 4.78 is 24.3. The Balaban J connectivity index is 1.69. The summed E-state index contributed by atoms with van der Waals surface area (Å²) in [4.78, 5) is 89.1. The van der Waals surface area contributed by atoms with E-state index in [0.717, 1.165) is 11.1 Å². The maximum absolute atomic E-state index is 13.4. The molecule has 1 aliphatic rings. The predicted molar refractivity (Wildman–Crippen MR) is 223 cm³/mol. The van der Waals surface area contributed by atoms with Crippen LogP contribution in [0, 0.1) is 0 Å². The fourth-order valence-corrected chi connectivity index (χ4v) is 8.07. The molecule has 18 nitrogen and oxygen atoms in total. The topological polar surface area (TPSA) is 240 Å². The Labute approximate surface area is 352 Å². The minimum absolute atomic E-state index is 0.126. The van der Waals surface area contributed by atoms with Gasteiger partial charge in [0.25, 0.3) is 7.82 Å². The molecule has 60 heavy (non-hydrogen) atoms. The van der Waals surface area contributed by atoms with Crippen molar-refractivity contribution >= 4 is 43.3 Å². The highest BCUT2D eigenvalue weighted by molar-refractivity contribution is 7.45. The van der Waals surface area contributed by atoms with Crippen LogP contribution in [0.5, 0.6) is 0 Å². The second-order valence-electron chi connectivity index (χ2n) is 14.9. The summed E-state index contributed by atoms with van der Waals surface area (Å²) in [6, 6.07) is 19.2. The van der Waals surface area contributed by atoms with Gasteiger partial charge in [-0.15, -0.1) is 0 Å². The number of nitrogens with one attached hydrogen (secondary N) is 6. The van der Waals surface area contributed by atoms with Crippen molar-refractivity contribution in [1.82, 2.24) is 41.7 Å². The van der Waals surface area contributed by atoms with E-state index in [0.29, 0.717) is 38.8 Å². The van der Waals surface area contributed by atoms with Gasteiger partial charge in [0.1, 0.15) is 0 Å². The van der Waals surface area contributed by atoms with Crippen LogP contribution in [-0.2, 0) is 47.8 Å². The number of carbonyl (C=O) groups excluding carboxylic acids is 6. The van der Waals surface area contributed by atoms with Crippen molar-refractivity contribution in [3.05, 3.63) is 71.8 Å². The highest BCUT2D eigenvalue weighted by Gasteiger charge is 2.39. The number of carbonyl (C=O) groups is 6. The average molecular weight is 858 g/mol. The zero-order valence-corrected chi connectivity index (χ0v) is 36.1. The number of nitrogens with zero attached hydrogens (tertiary/aromatic N) is 2. The lowest BCUT2D eigenvalue weighted by Crippen LogP contribution is -2.52. The van der Waals surface area contributed by atoms with Crippen LogP contribution < -0.4 is 36.8 Å². The van der Waals surface area contributed by atoms with Gasteiger partial charge < -0.3 is 45.8 Å². The van der Waals surface area contributed by atoms with Crippen LogP contribution in [0.15, 0.2) is 60.7 Å². The van der Waals surface area contributed by atoms with Gasteiger partial charge in [-0.05, 0) is 36.8 Å². The van der Waals surface area contributed by atoms with Gasteiger partial charge in [-0.3, -0.25) is 43.1 Å². The van der Waals surface area contributed by atoms with E-state index < -0.39 is 38.4 Å². The van der Waals surface area contributed by atoms with E-state index in [9.17, 15) is 38.2 Å². The molecule has 19 heteroatoms. The van der Waals surface area contributed by atoms with Crippen LogP contribution in [0.1, 0.15) is 64.5 Å². The molecule has 0 aromatic heterocycles. The van der Waals surface area contributed by atoms with Crippen LogP contribution in [0.3, 0.4) is 0 Å². The van der Waals surface area contributed by atoms with Gasteiger partial charge >= 0.3 is 0 Å². The van der Waals surface area contributed by atoms with Crippen molar-refractivity contribution in [2.24, 2.45) is 0 Å². The van der Waals surface area contributed by atoms with Crippen molar-refractivity contribution in [1.29, 1.82) is 0 Å². The predicted octanol–water partition coefficient (Wildman–Crippen LogP) is 0.166. The maximum Gasteiger partial charge on any atom is 0.268 e. The minimum Gasteiger partial charge on any atom is -0.756 e. The van der Waals surface area contributed by atoms with Gasteiger partial charge in [-0.1, -0.05) is 60.7 Å². The maximum atomic E-state index is 13.4. The lowest BCUT2D eigenvalue weighted by atomic mass is 9.65. The van der Waals surface area contributed by atoms with Gasteiger partial charge in [0, 0.05) is 92.0 Å². The summed E-state index contributed by atoms with van der Waals surface area (Å²) in [6.07, 6.45) is 1.54. The number of hydrogen-bond donors (Lipinski definition) is 6. The molecule has 6 amide bonds. The molecule has 2 atom stereocenters. The van der Waals surface area contributed by atoms with E-state index >= 15 is 0 Å². The number of benzene rings is 2. The van der Waals surface area contributed by atoms with Gasteiger partial charge in [-0.2, -0.15) is 0 Å². The molecule has 0 saturated heterocycles. The van der Waals surface area contributed by atoms with E-state index in [1.807, 2.05) is 36.4 Å². The molecule has 0 radical (unpaired) electrons. The quantitative estimate of drug-likeness (QED) is 0.0695. The van der Waals surface area contributed by atoms with E-state index in [-0.39, 0.29) is 87.9 Å². The molecule has 332 valence electrons. The third-order valence-corrected chi connectivity index (χ3v) is 11.0. The Hall–Kier alpha value is -4.71. The molecule has 6 N–H and O–H groups in total. The first-order valence-corrected chi connectivity index (χ1v) is 21.8. The highest BCUT2D eigenvalue weighted by Crippen LogP contribution is 2.49. The molecule has 2 aromatic rings. The van der Waals surface area contributed by atoms with Gasteiger partial charge in [0.2, 0.25) is 35.4 Å². The highest BCUT2D eigenvalue weighted by atomic mass is 31.2. The molecule has 1 fully saturated rings. The third-order valence-electron chi connectivity index (χ3n) is 10.0. The first-order valence-electron chi connectivity index (χ1n) is 20.3. The van der Waals surface area contributed by atoms with Gasteiger partial charge in [0.15, 0.2) is 0 Å². The van der Waals surface area contributed by atoms with Crippen molar-refractivity contribution in [3.8, 4) is 0 Å². The fourth-order valence-electron chi connectivity index (χ4n) is 7.07. The van der Waals surface area contributed by atoms with Crippen molar-refractivity contribution in [3.63, 3.8) is 0 Å². The Kier molecular flexibility index (Phi) is 21.4. The Bertz CT molecular complexity index is 1650. The minimum atomic E-state index is -4.91. The van der Waals surface area contributed by atoms with Crippen molar-refractivity contribution < 1.29 is 47.3 Å². The molecule has 1 unspecified atom stereocenters. The van der Waals surface area contributed by atoms with Crippen molar-refractivity contribution in [2.45, 2.75) is 70.9 Å². The van der Waals surface area contributed by atoms with E-state index in [4.69, 9.17) is 9.05 Å². The number of phosphoric ester groups is 1. The smallest absolute Gasteiger partial charge is 0.268 e. The lowest BCUT2D eigenvalue weighted by Gasteiger charge is -2.42. The zero-order chi connectivity index (χ0) is 44.0. The van der Waals surface area contributed by atoms with Crippen LogP contribution in [-0.4, -0.2) is 136 Å². The first kappa shape index (κ1) is 49.7. The third kappa shape index (κ3) is 19.1. The van der Waals surface area contributed by atoms with Crippen LogP contribution in [0.2, 0.25) is 0 Å². The van der Waals surface area contributed by atoms with E-state index in [1.165, 1.54) is 27.7 Å². The summed E-state index contributed by atoms with van der Waals surface area (Å²) in [7, 11) is -4.91. The summed E-state index contributed by atoms with van der Waals surface area (Å²) in [5, 5.41) is 16.2. The summed E-state index contributed by atoms with van der Waals surface area (Å²) in [6.45, 7) is 6.57. The van der Waals surface area contributed by atoms with Gasteiger partial charge in [-0.25, -0.2) is 0 Å². The molecule has 3 rings (SSSR count). The SMILES string of the molecule is CC(=O)NCCN(CCNC(C)=O)CC(=O)NC[C@H](COP(=O)([O-])OC1CCC(c2ccccc2)(c2ccccc2)CC1)NC(=O)CN(CCNC(C)=O)CCNC(C)=O. The van der Waals surface area contributed by atoms with Crippen LogP contribution in [0.4, 0.5) is 0 Å². The van der Waals surface area contributed by atoms with Crippen LogP contribution >= 0.6 is 7.82 Å². The number of phosphoric acid groups is 1. The molecule has 0 heterocycles. The van der Waals surface area contributed by atoms with Crippen LogP contribution in [0.25, 0.3) is 0 Å². The molecule has 0 spiro atoms. The van der Waals surface area contributed by atoms with E-state index in [1.54, 1.807) is 9.80 Å². The molecular weight excluding hydrogens is 795 g/mol. The lowest BCUT2D eigenvalue weighted by molar-refractivity contribution is -0.231. The Morgan fingerprint density at radius 1 is 0.667 bits per heavy atom. The first-order chi connectivity index (χ1) is 28.6. The second kappa shape index (κ2) is 25.8. The molecule has 1 saturated carbocycles.